The molecule has 1 aliphatic rings. The number of ether oxygens (including phenoxy) is 1. The number of benzene rings is 1. The van der Waals surface area contributed by atoms with Crippen LogP contribution in [-0.4, -0.2) is 60.8 Å². The van der Waals surface area contributed by atoms with Crippen LogP contribution in [0.3, 0.4) is 0 Å². The number of piperazine rings is 1. The van der Waals surface area contributed by atoms with Crippen molar-refractivity contribution in [1.29, 1.82) is 0 Å². The smallest absolute Gasteiger partial charge is 0.122 e. The number of hydrogen-bond acceptors (Lipinski definition) is 4. The molecular formula is C20H34N2O2. The van der Waals surface area contributed by atoms with Crippen LogP contribution in [0.2, 0.25) is 0 Å². The lowest BCUT2D eigenvalue weighted by Gasteiger charge is -2.42. The third-order valence-electron chi connectivity index (χ3n) is 5.22. The van der Waals surface area contributed by atoms with Crippen LogP contribution in [0.15, 0.2) is 12.1 Å². The Labute approximate surface area is 147 Å². The van der Waals surface area contributed by atoms with Crippen LogP contribution in [0, 0.1) is 19.8 Å². The van der Waals surface area contributed by atoms with E-state index in [0.717, 1.165) is 44.9 Å². The monoisotopic (exact) mass is 334 g/mol. The Bertz CT molecular complexity index is 531. The van der Waals surface area contributed by atoms with Gasteiger partial charge in [0, 0.05) is 45.4 Å². The van der Waals surface area contributed by atoms with Gasteiger partial charge >= 0.3 is 0 Å². The molecule has 1 saturated heterocycles. The highest BCUT2D eigenvalue weighted by Crippen LogP contribution is 2.26. The van der Waals surface area contributed by atoms with Crippen LogP contribution in [0.4, 0.5) is 0 Å². The predicted molar refractivity (Wildman–Crippen MR) is 99.6 cm³/mol. The lowest BCUT2D eigenvalue weighted by Crippen LogP contribution is -2.53. The highest BCUT2D eigenvalue weighted by atomic mass is 16.5. The molecule has 0 saturated carbocycles. The lowest BCUT2D eigenvalue weighted by atomic mass is 10.00. The summed E-state index contributed by atoms with van der Waals surface area (Å²) in [7, 11) is 1.73. The third kappa shape index (κ3) is 4.71. The van der Waals surface area contributed by atoms with Crippen LogP contribution >= 0.6 is 0 Å². The molecule has 1 atom stereocenters. The summed E-state index contributed by atoms with van der Waals surface area (Å²) in [6.07, 6.45) is 0.850. The first kappa shape index (κ1) is 19.2. The fourth-order valence-electron chi connectivity index (χ4n) is 3.73. The highest BCUT2D eigenvalue weighted by Gasteiger charge is 2.27. The number of aliphatic hydroxyl groups excluding tert-OH is 1. The van der Waals surface area contributed by atoms with Crippen molar-refractivity contribution in [2.75, 3.05) is 39.9 Å². The van der Waals surface area contributed by atoms with Gasteiger partial charge in [0.25, 0.3) is 0 Å². The van der Waals surface area contributed by atoms with Gasteiger partial charge in [0.05, 0.1) is 7.11 Å². The normalized spacial score (nSPS) is 19.9. The third-order valence-corrected chi connectivity index (χ3v) is 5.22. The van der Waals surface area contributed by atoms with Crippen molar-refractivity contribution >= 4 is 0 Å². The zero-order chi connectivity index (χ0) is 17.7. The molecule has 1 aromatic carbocycles. The lowest BCUT2D eigenvalue weighted by molar-refractivity contribution is 0.0482. The molecule has 136 valence electrons. The summed E-state index contributed by atoms with van der Waals surface area (Å²) in [4.78, 5) is 5.09. The minimum absolute atomic E-state index is 0.261. The Morgan fingerprint density at radius 1 is 1.21 bits per heavy atom. The molecule has 24 heavy (non-hydrogen) atoms. The average molecular weight is 335 g/mol. The Kier molecular flexibility index (Phi) is 7.08. The number of aliphatic hydroxyl groups is 1. The first-order valence-corrected chi connectivity index (χ1v) is 9.16. The van der Waals surface area contributed by atoms with E-state index < -0.39 is 0 Å². The van der Waals surface area contributed by atoms with Gasteiger partial charge in [0.15, 0.2) is 0 Å². The van der Waals surface area contributed by atoms with E-state index >= 15 is 0 Å². The maximum atomic E-state index is 9.48. The largest absolute Gasteiger partial charge is 0.496 e. The van der Waals surface area contributed by atoms with E-state index in [4.69, 9.17) is 4.74 Å². The second-order valence-electron chi connectivity index (χ2n) is 7.47. The quantitative estimate of drug-likeness (QED) is 0.832. The number of methoxy groups -OCH3 is 1. The molecule has 2 rings (SSSR count). The van der Waals surface area contributed by atoms with Crippen molar-refractivity contribution in [2.45, 2.75) is 46.7 Å². The predicted octanol–water partition coefficient (Wildman–Crippen LogP) is 2.84. The molecule has 0 amide bonds. The van der Waals surface area contributed by atoms with E-state index in [0.29, 0.717) is 12.0 Å². The highest BCUT2D eigenvalue weighted by molar-refractivity contribution is 5.43. The Morgan fingerprint density at radius 2 is 1.96 bits per heavy atom. The van der Waals surface area contributed by atoms with Crippen LogP contribution in [-0.2, 0) is 6.54 Å². The standard InChI is InChI=1S/C20H34N2O2/c1-15(2)12-21-9-10-22(19(14-21)8-11-23)13-18-6-7-20(24-5)17(4)16(18)3/h6-7,15,19,23H,8-14H2,1-5H3. The molecule has 4 heteroatoms. The molecule has 1 aliphatic heterocycles. The fraction of sp³-hybridized carbons (Fsp3) is 0.700. The van der Waals surface area contributed by atoms with Crippen molar-refractivity contribution in [3.8, 4) is 5.75 Å². The van der Waals surface area contributed by atoms with Crippen LogP contribution in [0.1, 0.15) is 37.0 Å². The van der Waals surface area contributed by atoms with Crippen LogP contribution < -0.4 is 4.74 Å². The molecule has 0 aliphatic carbocycles. The van der Waals surface area contributed by atoms with Gasteiger partial charge in [-0.3, -0.25) is 4.90 Å². The number of nitrogens with zero attached hydrogens (tertiary/aromatic N) is 2. The molecule has 1 fully saturated rings. The van der Waals surface area contributed by atoms with Crippen molar-refractivity contribution in [3.63, 3.8) is 0 Å². The molecule has 4 nitrogen and oxygen atoms in total. The molecule has 1 unspecified atom stereocenters. The summed E-state index contributed by atoms with van der Waals surface area (Å²) in [5, 5.41) is 9.48. The zero-order valence-electron chi connectivity index (χ0n) is 16.0. The summed E-state index contributed by atoms with van der Waals surface area (Å²) < 4.78 is 5.43. The number of rotatable bonds is 7. The minimum atomic E-state index is 0.261. The molecule has 1 heterocycles. The van der Waals surface area contributed by atoms with Gasteiger partial charge in [-0.1, -0.05) is 19.9 Å². The molecule has 0 bridgehead atoms. The van der Waals surface area contributed by atoms with E-state index in [9.17, 15) is 5.11 Å². The van der Waals surface area contributed by atoms with E-state index in [-0.39, 0.29) is 6.61 Å². The first-order valence-electron chi connectivity index (χ1n) is 9.16. The Hall–Kier alpha value is -1.10. The Balaban J connectivity index is 2.09. The maximum Gasteiger partial charge on any atom is 0.122 e. The molecule has 0 spiro atoms. The first-order chi connectivity index (χ1) is 11.5. The summed E-state index contributed by atoms with van der Waals surface area (Å²) in [6.45, 7) is 14.5. The van der Waals surface area contributed by atoms with Crippen molar-refractivity contribution in [1.82, 2.24) is 9.80 Å². The van der Waals surface area contributed by atoms with E-state index in [2.05, 4.69) is 49.6 Å². The van der Waals surface area contributed by atoms with E-state index in [1.165, 1.54) is 16.7 Å². The van der Waals surface area contributed by atoms with E-state index in [1.54, 1.807) is 7.11 Å². The second-order valence-corrected chi connectivity index (χ2v) is 7.47. The van der Waals surface area contributed by atoms with Gasteiger partial charge in [-0.25, -0.2) is 0 Å². The molecule has 1 aromatic rings. The van der Waals surface area contributed by atoms with Gasteiger partial charge in [-0.05, 0) is 48.9 Å². The molecule has 0 aromatic heterocycles. The van der Waals surface area contributed by atoms with Gasteiger partial charge < -0.3 is 14.7 Å². The zero-order valence-corrected chi connectivity index (χ0v) is 16.0. The number of hydrogen-bond donors (Lipinski definition) is 1. The van der Waals surface area contributed by atoms with Gasteiger partial charge in [0.2, 0.25) is 0 Å². The topological polar surface area (TPSA) is 35.9 Å². The van der Waals surface area contributed by atoms with Gasteiger partial charge in [-0.15, -0.1) is 0 Å². The molecule has 1 N–H and O–H groups in total. The molecular weight excluding hydrogens is 300 g/mol. The SMILES string of the molecule is COc1ccc(CN2CCN(CC(C)C)CC2CCO)c(C)c1C. The fourth-order valence-corrected chi connectivity index (χ4v) is 3.73. The summed E-state index contributed by atoms with van der Waals surface area (Å²) >= 11 is 0. The molecule has 0 radical (unpaired) electrons. The van der Waals surface area contributed by atoms with Crippen molar-refractivity contribution < 1.29 is 9.84 Å². The summed E-state index contributed by atoms with van der Waals surface area (Å²) in [6, 6.07) is 4.70. The van der Waals surface area contributed by atoms with Gasteiger partial charge in [-0.2, -0.15) is 0 Å². The van der Waals surface area contributed by atoms with Crippen molar-refractivity contribution in [3.05, 3.63) is 28.8 Å². The van der Waals surface area contributed by atoms with E-state index in [1.807, 2.05) is 0 Å². The van der Waals surface area contributed by atoms with Crippen LogP contribution in [0.25, 0.3) is 0 Å². The van der Waals surface area contributed by atoms with Gasteiger partial charge in [0.1, 0.15) is 5.75 Å². The summed E-state index contributed by atoms with van der Waals surface area (Å²) in [5.74, 6) is 1.66. The van der Waals surface area contributed by atoms with Crippen molar-refractivity contribution in [2.24, 2.45) is 5.92 Å². The average Bonchev–Trinajstić information content (AvgIpc) is 2.54. The maximum absolute atomic E-state index is 9.48. The Morgan fingerprint density at radius 3 is 2.58 bits per heavy atom. The second kappa shape index (κ2) is 8.84. The summed E-state index contributed by atoms with van der Waals surface area (Å²) in [5.41, 5.74) is 3.92. The van der Waals surface area contributed by atoms with Crippen LogP contribution in [0.5, 0.6) is 5.75 Å². The minimum Gasteiger partial charge on any atom is -0.496 e.